The maximum absolute atomic E-state index is 12.8. The second-order valence-corrected chi connectivity index (χ2v) is 6.98. The third-order valence-corrected chi connectivity index (χ3v) is 5.67. The zero-order valence-corrected chi connectivity index (χ0v) is 15.0. The molecular formula is C20H30N2O2. The molecular weight excluding hydrogens is 300 g/mol. The first-order chi connectivity index (χ1) is 11.7. The van der Waals surface area contributed by atoms with E-state index in [4.69, 9.17) is 4.74 Å². The van der Waals surface area contributed by atoms with Crippen molar-refractivity contribution in [3.8, 4) is 5.75 Å². The van der Waals surface area contributed by atoms with E-state index in [-0.39, 0.29) is 0 Å². The summed E-state index contributed by atoms with van der Waals surface area (Å²) in [6, 6.07) is 9.08. The van der Waals surface area contributed by atoms with Crippen LogP contribution in [0.15, 0.2) is 24.3 Å². The van der Waals surface area contributed by atoms with E-state index in [1.807, 2.05) is 12.1 Å². The summed E-state index contributed by atoms with van der Waals surface area (Å²) in [6.07, 6.45) is 6.29. The van der Waals surface area contributed by atoms with Crippen molar-refractivity contribution in [3.05, 3.63) is 29.8 Å². The fraction of sp³-hybridized carbons (Fsp3) is 0.650. The second-order valence-electron chi connectivity index (χ2n) is 6.98. The molecule has 0 radical (unpaired) electrons. The predicted molar refractivity (Wildman–Crippen MR) is 96.3 cm³/mol. The molecule has 1 amide bonds. The van der Waals surface area contributed by atoms with E-state index in [1.165, 1.54) is 31.4 Å². The Morgan fingerprint density at radius 2 is 1.83 bits per heavy atom. The van der Waals surface area contributed by atoms with Gasteiger partial charge in [-0.15, -0.1) is 0 Å². The van der Waals surface area contributed by atoms with Crippen LogP contribution in [0.25, 0.3) is 0 Å². The number of ether oxygens (including phenoxy) is 1. The third-order valence-electron chi connectivity index (χ3n) is 5.67. The van der Waals surface area contributed by atoms with Gasteiger partial charge in [0.05, 0.1) is 7.11 Å². The maximum Gasteiger partial charge on any atom is 0.223 e. The van der Waals surface area contributed by atoms with Crippen LogP contribution in [0.3, 0.4) is 0 Å². The number of likely N-dealkylation sites (tertiary alicyclic amines) is 2. The normalized spacial score (nSPS) is 24.5. The molecule has 0 N–H and O–H groups in total. The summed E-state index contributed by atoms with van der Waals surface area (Å²) in [5.74, 6) is 1.20. The lowest BCUT2D eigenvalue weighted by Gasteiger charge is -2.34. The largest absolute Gasteiger partial charge is 0.497 e. The Morgan fingerprint density at radius 3 is 2.54 bits per heavy atom. The number of hydrogen-bond acceptors (Lipinski definition) is 3. The van der Waals surface area contributed by atoms with Crippen molar-refractivity contribution >= 4 is 5.91 Å². The average Bonchev–Trinajstić information content (AvgIpc) is 3.28. The van der Waals surface area contributed by atoms with E-state index < -0.39 is 0 Å². The van der Waals surface area contributed by atoms with Crippen LogP contribution in [0.1, 0.15) is 44.6 Å². The summed E-state index contributed by atoms with van der Waals surface area (Å²) in [5.41, 5.74) is 1.20. The molecule has 1 aromatic rings. The van der Waals surface area contributed by atoms with E-state index in [2.05, 4.69) is 28.9 Å². The van der Waals surface area contributed by atoms with Gasteiger partial charge in [0.25, 0.3) is 0 Å². The van der Waals surface area contributed by atoms with Gasteiger partial charge in [-0.25, -0.2) is 0 Å². The number of hydrogen-bond donors (Lipinski definition) is 0. The van der Waals surface area contributed by atoms with Gasteiger partial charge in [0.15, 0.2) is 0 Å². The summed E-state index contributed by atoms with van der Waals surface area (Å²) < 4.78 is 5.19. The van der Waals surface area contributed by atoms with Crippen molar-refractivity contribution in [1.82, 2.24) is 9.80 Å². The number of methoxy groups -OCH3 is 1. The summed E-state index contributed by atoms with van der Waals surface area (Å²) >= 11 is 0. The zero-order valence-electron chi connectivity index (χ0n) is 15.0. The fourth-order valence-electron chi connectivity index (χ4n) is 4.37. The minimum absolute atomic E-state index is 0.330. The molecule has 3 rings (SSSR count). The van der Waals surface area contributed by atoms with Crippen LogP contribution < -0.4 is 4.74 Å². The topological polar surface area (TPSA) is 32.8 Å². The number of nitrogens with zero attached hydrogens (tertiary/aromatic N) is 2. The third kappa shape index (κ3) is 3.75. The Bertz CT molecular complexity index is 543. The van der Waals surface area contributed by atoms with E-state index in [9.17, 15) is 4.79 Å². The number of aryl methyl sites for hydroxylation is 1. The van der Waals surface area contributed by atoms with Gasteiger partial charge >= 0.3 is 0 Å². The van der Waals surface area contributed by atoms with Crippen molar-refractivity contribution in [1.29, 1.82) is 0 Å². The number of rotatable bonds is 6. The van der Waals surface area contributed by atoms with Gasteiger partial charge in [0.1, 0.15) is 5.75 Å². The van der Waals surface area contributed by atoms with Crippen LogP contribution in [0, 0.1) is 0 Å². The van der Waals surface area contributed by atoms with Crippen LogP contribution in [-0.2, 0) is 11.2 Å². The van der Waals surface area contributed by atoms with Crippen LogP contribution in [0.2, 0.25) is 0 Å². The standard InChI is InChI=1S/C20H30N2O2/c1-3-21-14-4-6-18(21)19-7-5-15-22(19)20(23)13-10-16-8-11-17(24-2)12-9-16/h8-9,11-12,18-19H,3-7,10,13-15H2,1-2H3/t18-,19+/m0/s1. The highest BCUT2D eigenvalue weighted by Crippen LogP contribution is 2.30. The van der Waals surface area contributed by atoms with Crippen molar-refractivity contribution in [3.63, 3.8) is 0 Å². The molecule has 2 aliphatic rings. The van der Waals surface area contributed by atoms with Crippen molar-refractivity contribution in [2.24, 2.45) is 0 Å². The van der Waals surface area contributed by atoms with Crippen LogP contribution in [0.5, 0.6) is 5.75 Å². The van der Waals surface area contributed by atoms with E-state index in [0.717, 1.165) is 31.7 Å². The van der Waals surface area contributed by atoms with Gasteiger partial charge in [-0.3, -0.25) is 9.69 Å². The highest BCUT2D eigenvalue weighted by atomic mass is 16.5. The van der Waals surface area contributed by atoms with Gasteiger partial charge in [-0.2, -0.15) is 0 Å². The molecule has 2 fully saturated rings. The molecule has 4 heteroatoms. The zero-order chi connectivity index (χ0) is 16.9. The van der Waals surface area contributed by atoms with E-state index in [0.29, 0.717) is 24.4 Å². The molecule has 2 aliphatic heterocycles. The molecule has 2 heterocycles. The number of carbonyl (C=O) groups excluding carboxylic acids is 1. The van der Waals surface area contributed by atoms with E-state index in [1.54, 1.807) is 7.11 Å². The lowest BCUT2D eigenvalue weighted by Crippen LogP contribution is -2.48. The number of likely N-dealkylation sites (N-methyl/N-ethyl adjacent to an activating group) is 1. The molecule has 0 aromatic heterocycles. The molecule has 0 bridgehead atoms. The molecule has 0 saturated carbocycles. The fourth-order valence-corrected chi connectivity index (χ4v) is 4.37. The highest BCUT2D eigenvalue weighted by molar-refractivity contribution is 5.77. The Labute approximate surface area is 145 Å². The highest BCUT2D eigenvalue weighted by Gasteiger charge is 2.38. The summed E-state index contributed by atoms with van der Waals surface area (Å²) in [5, 5.41) is 0. The Balaban J connectivity index is 1.57. The Kier molecular flexibility index (Phi) is 5.77. The molecule has 0 spiro atoms. The minimum atomic E-state index is 0.330. The molecule has 24 heavy (non-hydrogen) atoms. The molecule has 0 unspecified atom stereocenters. The molecule has 132 valence electrons. The lowest BCUT2D eigenvalue weighted by atomic mass is 10.0. The van der Waals surface area contributed by atoms with Gasteiger partial charge < -0.3 is 9.64 Å². The first-order valence-electron chi connectivity index (χ1n) is 9.39. The maximum atomic E-state index is 12.8. The molecule has 4 nitrogen and oxygen atoms in total. The number of amides is 1. The van der Waals surface area contributed by atoms with Crippen LogP contribution in [-0.4, -0.2) is 54.5 Å². The smallest absolute Gasteiger partial charge is 0.223 e. The summed E-state index contributed by atoms with van der Waals surface area (Å²) in [6.45, 7) is 5.49. The van der Waals surface area contributed by atoms with Gasteiger partial charge in [0.2, 0.25) is 5.91 Å². The Hall–Kier alpha value is -1.55. The average molecular weight is 330 g/mol. The van der Waals surface area contributed by atoms with Gasteiger partial charge in [0, 0.05) is 25.0 Å². The Morgan fingerprint density at radius 1 is 1.12 bits per heavy atom. The molecule has 1 aromatic carbocycles. The SMILES string of the molecule is CCN1CCC[C@H]1[C@H]1CCCN1C(=O)CCc1ccc(OC)cc1. The lowest BCUT2D eigenvalue weighted by molar-refractivity contribution is -0.133. The monoisotopic (exact) mass is 330 g/mol. The minimum Gasteiger partial charge on any atom is -0.497 e. The molecule has 2 atom stereocenters. The first kappa shape index (κ1) is 17.3. The van der Waals surface area contributed by atoms with Gasteiger partial charge in [-0.1, -0.05) is 19.1 Å². The van der Waals surface area contributed by atoms with Crippen molar-refractivity contribution < 1.29 is 9.53 Å². The van der Waals surface area contributed by atoms with E-state index >= 15 is 0 Å². The summed E-state index contributed by atoms with van der Waals surface area (Å²) in [4.78, 5) is 17.5. The molecule has 2 saturated heterocycles. The van der Waals surface area contributed by atoms with Crippen LogP contribution >= 0.6 is 0 Å². The summed E-state index contributed by atoms with van der Waals surface area (Å²) in [7, 11) is 1.68. The first-order valence-corrected chi connectivity index (χ1v) is 9.39. The van der Waals surface area contributed by atoms with Crippen molar-refractivity contribution in [2.45, 2.75) is 57.5 Å². The number of carbonyl (C=O) groups is 1. The van der Waals surface area contributed by atoms with Crippen molar-refractivity contribution in [2.75, 3.05) is 26.7 Å². The number of benzene rings is 1. The van der Waals surface area contributed by atoms with Gasteiger partial charge in [-0.05, 0) is 62.9 Å². The predicted octanol–water partition coefficient (Wildman–Crippen LogP) is 3.10. The second kappa shape index (κ2) is 8.02. The molecule has 0 aliphatic carbocycles. The van der Waals surface area contributed by atoms with Crippen LogP contribution in [0.4, 0.5) is 0 Å². The quantitative estimate of drug-likeness (QED) is 0.803.